The highest BCUT2D eigenvalue weighted by Crippen LogP contribution is 2.41. The summed E-state index contributed by atoms with van der Waals surface area (Å²) >= 11 is 0. The largest absolute Gasteiger partial charge is 0.474 e. The molecule has 0 saturated heterocycles. The Bertz CT molecular complexity index is 487. The number of nitrogens with one attached hydrogen (secondary N) is 1. The minimum atomic E-state index is 0.210. The van der Waals surface area contributed by atoms with Crippen LogP contribution in [0.5, 0.6) is 5.88 Å². The second kappa shape index (κ2) is 6.18. The number of anilines is 1. The molecule has 21 heavy (non-hydrogen) atoms. The van der Waals surface area contributed by atoms with Crippen LogP contribution >= 0.6 is 0 Å². The molecule has 1 fully saturated rings. The Morgan fingerprint density at radius 2 is 2.05 bits per heavy atom. The van der Waals surface area contributed by atoms with Crippen LogP contribution in [-0.2, 0) is 0 Å². The smallest absolute Gasteiger partial charge is 0.222 e. The summed E-state index contributed by atoms with van der Waals surface area (Å²) in [5.41, 5.74) is 3.92. The van der Waals surface area contributed by atoms with E-state index in [2.05, 4.69) is 50.0 Å². The van der Waals surface area contributed by atoms with Crippen molar-refractivity contribution in [1.82, 2.24) is 9.97 Å². The van der Waals surface area contributed by atoms with E-state index < -0.39 is 0 Å². The third-order valence-corrected chi connectivity index (χ3v) is 4.19. The lowest BCUT2D eigenvalue weighted by Crippen LogP contribution is -2.34. The van der Waals surface area contributed by atoms with E-state index in [1.165, 1.54) is 12.7 Å². The number of hydrogen-bond donors (Lipinski definition) is 2. The minimum Gasteiger partial charge on any atom is -0.474 e. The highest BCUT2D eigenvalue weighted by molar-refractivity contribution is 5.49. The highest BCUT2D eigenvalue weighted by atomic mass is 16.5. The maximum atomic E-state index is 6.25. The number of hydrogen-bond acceptors (Lipinski definition) is 5. The molecule has 1 aliphatic rings. The maximum absolute atomic E-state index is 6.25. The van der Waals surface area contributed by atoms with Gasteiger partial charge in [-0.05, 0) is 36.5 Å². The molecule has 5 nitrogen and oxygen atoms in total. The van der Waals surface area contributed by atoms with E-state index in [0.29, 0.717) is 23.0 Å². The summed E-state index contributed by atoms with van der Waals surface area (Å²) in [6.07, 6.45) is 5.11. The summed E-state index contributed by atoms with van der Waals surface area (Å²) in [6, 6.07) is 0. The summed E-state index contributed by atoms with van der Waals surface area (Å²) in [5, 5.41) is 0. The molecule has 0 amide bonds. The zero-order chi connectivity index (χ0) is 15.6. The van der Waals surface area contributed by atoms with Gasteiger partial charge in [-0.25, -0.2) is 15.8 Å². The monoisotopic (exact) mass is 292 g/mol. The summed E-state index contributed by atoms with van der Waals surface area (Å²) in [5.74, 6) is 7.81. The van der Waals surface area contributed by atoms with Crippen molar-refractivity contribution in [3.8, 4) is 5.88 Å². The van der Waals surface area contributed by atoms with Crippen LogP contribution in [0.15, 0.2) is 6.33 Å². The molecule has 2 atom stereocenters. The molecule has 2 rings (SSSR count). The lowest BCUT2D eigenvalue weighted by molar-refractivity contribution is 0.0523. The average Bonchev–Trinajstić information content (AvgIpc) is 2.35. The topological polar surface area (TPSA) is 73.1 Å². The standard InChI is InChI=1S/C16H28N4O/c1-10(2)13-14(20-17)18-9-19-15(13)21-12-6-11(3)7-16(4,5)8-12/h9-12H,6-8,17H2,1-5H3,(H,18,19,20). The van der Waals surface area contributed by atoms with Crippen molar-refractivity contribution >= 4 is 5.82 Å². The Morgan fingerprint density at radius 1 is 1.33 bits per heavy atom. The minimum absolute atomic E-state index is 0.210. The lowest BCUT2D eigenvalue weighted by Gasteiger charge is -2.38. The van der Waals surface area contributed by atoms with Crippen LogP contribution in [0, 0.1) is 11.3 Å². The van der Waals surface area contributed by atoms with Crippen LogP contribution in [0.2, 0.25) is 0 Å². The van der Waals surface area contributed by atoms with Gasteiger partial charge in [-0.1, -0.05) is 34.6 Å². The average molecular weight is 292 g/mol. The Labute approximate surface area is 127 Å². The van der Waals surface area contributed by atoms with Gasteiger partial charge in [0.1, 0.15) is 12.4 Å². The summed E-state index contributed by atoms with van der Waals surface area (Å²) in [7, 11) is 0. The van der Waals surface area contributed by atoms with Crippen molar-refractivity contribution in [1.29, 1.82) is 0 Å². The number of ether oxygens (including phenoxy) is 1. The molecule has 1 saturated carbocycles. The molecule has 5 heteroatoms. The van der Waals surface area contributed by atoms with Crippen LogP contribution in [0.3, 0.4) is 0 Å². The highest BCUT2D eigenvalue weighted by Gasteiger charge is 2.34. The molecule has 118 valence electrons. The van der Waals surface area contributed by atoms with E-state index in [0.717, 1.165) is 18.4 Å². The first-order chi connectivity index (χ1) is 9.82. The SMILES string of the molecule is CC1CC(Oc2ncnc(NN)c2C(C)C)CC(C)(C)C1. The number of nitrogen functional groups attached to an aromatic ring is 1. The predicted octanol–water partition coefficient (Wildman–Crippen LogP) is 3.48. The van der Waals surface area contributed by atoms with Gasteiger partial charge in [-0.3, -0.25) is 0 Å². The van der Waals surface area contributed by atoms with Crippen LogP contribution in [-0.4, -0.2) is 16.1 Å². The van der Waals surface area contributed by atoms with Gasteiger partial charge in [0.15, 0.2) is 5.82 Å². The van der Waals surface area contributed by atoms with E-state index >= 15 is 0 Å². The Hall–Kier alpha value is -1.36. The fourth-order valence-electron chi connectivity index (χ4n) is 3.61. The van der Waals surface area contributed by atoms with Gasteiger partial charge in [0.05, 0.1) is 5.56 Å². The van der Waals surface area contributed by atoms with Gasteiger partial charge in [0.2, 0.25) is 5.88 Å². The van der Waals surface area contributed by atoms with E-state index in [9.17, 15) is 0 Å². The Kier molecular flexibility index (Phi) is 4.71. The van der Waals surface area contributed by atoms with Crippen molar-refractivity contribution in [2.24, 2.45) is 17.2 Å². The number of nitrogens with two attached hydrogens (primary N) is 1. The fourth-order valence-corrected chi connectivity index (χ4v) is 3.61. The zero-order valence-corrected chi connectivity index (χ0v) is 13.8. The van der Waals surface area contributed by atoms with Crippen molar-refractivity contribution < 1.29 is 4.74 Å². The van der Waals surface area contributed by atoms with E-state index in [4.69, 9.17) is 10.6 Å². The van der Waals surface area contributed by atoms with Crippen LogP contribution in [0.25, 0.3) is 0 Å². The van der Waals surface area contributed by atoms with Gasteiger partial charge in [-0.15, -0.1) is 0 Å². The quantitative estimate of drug-likeness (QED) is 0.656. The molecular formula is C16H28N4O. The molecule has 0 aliphatic heterocycles. The number of rotatable bonds is 4. The molecule has 0 radical (unpaired) electrons. The van der Waals surface area contributed by atoms with Crippen molar-refractivity contribution in [3.63, 3.8) is 0 Å². The number of hydrazine groups is 1. The first-order valence-electron chi connectivity index (χ1n) is 7.80. The molecule has 2 unspecified atom stereocenters. The third-order valence-electron chi connectivity index (χ3n) is 4.19. The molecule has 3 N–H and O–H groups in total. The first kappa shape index (κ1) is 16.0. The van der Waals surface area contributed by atoms with E-state index in [1.54, 1.807) is 0 Å². The van der Waals surface area contributed by atoms with Crippen molar-refractivity contribution in [2.45, 2.75) is 65.9 Å². The van der Waals surface area contributed by atoms with Gasteiger partial charge in [0.25, 0.3) is 0 Å². The van der Waals surface area contributed by atoms with Crippen LogP contribution in [0.1, 0.15) is 65.4 Å². The summed E-state index contributed by atoms with van der Waals surface area (Å²) in [6.45, 7) is 11.1. The molecule has 1 heterocycles. The molecule has 0 bridgehead atoms. The Balaban J connectivity index is 2.23. The molecule has 0 aromatic carbocycles. The van der Waals surface area contributed by atoms with E-state index in [1.807, 2.05) is 0 Å². The van der Waals surface area contributed by atoms with Gasteiger partial charge >= 0.3 is 0 Å². The second-order valence-corrected chi connectivity index (χ2v) is 7.39. The molecule has 1 aromatic heterocycles. The lowest BCUT2D eigenvalue weighted by atomic mass is 9.71. The van der Waals surface area contributed by atoms with Gasteiger partial charge < -0.3 is 10.2 Å². The zero-order valence-electron chi connectivity index (χ0n) is 13.8. The van der Waals surface area contributed by atoms with Crippen molar-refractivity contribution in [2.75, 3.05) is 5.43 Å². The van der Waals surface area contributed by atoms with Crippen LogP contribution in [0.4, 0.5) is 5.82 Å². The fraction of sp³-hybridized carbons (Fsp3) is 0.750. The molecule has 0 spiro atoms. The predicted molar refractivity (Wildman–Crippen MR) is 85.1 cm³/mol. The third kappa shape index (κ3) is 3.84. The summed E-state index contributed by atoms with van der Waals surface area (Å²) < 4.78 is 6.25. The number of aromatic nitrogens is 2. The second-order valence-electron chi connectivity index (χ2n) is 7.39. The van der Waals surface area contributed by atoms with Crippen LogP contribution < -0.4 is 16.0 Å². The molecule has 1 aliphatic carbocycles. The summed E-state index contributed by atoms with van der Waals surface area (Å²) in [4.78, 5) is 8.54. The maximum Gasteiger partial charge on any atom is 0.222 e. The van der Waals surface area contributed by atoms with Gasteiger partial charge in [0, 0.05) is 0 Å². The normalized spacial score (nSPS) is 24.9. The number of nitrogens with zero attached hydrogens (tertiary/aromatic N) is 2. The molecular weight excluding hydrogens is 264 g/mol. The Morgan fingerprint density at radius 3 is 2.62 bits per heavy atom. The molecule has 1 aromatic rings. The first-order valence-corrected chi connectivity index (χ1v) is 7.80. The van der Waals surface area contributed by atoms with E-state index in [-0.39, 0.29) is 12.0 Å². The van der Waals surface area contributed by atoms with Gasteiger partial charge in [-0.2, -0.15) is 0 Å². The van der Waals surface area contributed by atoms with Crippen molar-refractivity contribution in [3.05, 3.63) is 11.9 Å².